The van der Waals surface area contributed by atoms with Crippen LogP contribution in [0.15, 0.2) is 18.3 Å². The SMILES string of the molecule is CNC(=O)N1[C@@H]2CC[C@H]1CC(C(C)(C)C(O)c1cc(Cl)cc3cn[nH]c13)C2. The number of aromatic nitrogens is 2. The molecule has 0 spiro atoms. The van der Waals surface area contributed by atoms with Crippen molar-refractivity contribution in [1.82, 2.24) is 20.4 Å². The average molecular weight is 391 g/mol. The number of aromatic amines is 1. The summed E-state index contributed by atoms with van der Waals surface area (Å²) in [7, 11) is 1.69. The molecule has 7 heteroatoms. The zero-order valence-electron chi connectivity index (χ0n) is 16.0. The van der Waals surface area contributed by atoms with E-state index >= 15 is 0 Å². The smallest absolute Gasteiger partial charge is 0.317 e. The fourth-order valence-corrected chi connectivity index (χ4v) is 5.37. The number of hydrogen-bond acceptors (Lipinski definition) is 3. The van der Waals surface area contributed by atoms with E-state index in [1.54, 1.807) is 13.2 Å². The Morgan fingerprint density at radius 2 is 2.04 bits per heavy atom. The number of hydrogen-bond donors (Lipinski definition) is 3. The van der Waals surface area contributed by atoms with Crippen LogP contribution in [0.25, 0.3) is 10.9 Å². The third-order valence-corrected chi connectivity index (χ3v) is 7.00. The average Bonchev–Trinajstić information content (AvgIpc) is 3.21. The topological polar surface area (TPSA) is 81.2 Å². The summed E-state index contributed by atoms with van der Waals surface area (Å²) in [5.41, 5.74) is 1.28. The molecule has 4 atom stereocenters. The highest BCUT2D eigenvalue weighted by molar-refractivity contribution is 6.31. The number of H-pyrrole nitrogens is 1. The first-order chi connectivity index (χ1) is 12.8. The van der Waals surface area contributed by atoms with Crippen LogP contribution in [0.1, 0.15) is 51.2 Å². The normalized spacial score (nSPS) is 26.4. The molecule has 1 aromatic carbocycles. The zero-order chi connectivity index (χ0) is 19.3. The molecule has 3 N–H and O–H groups in total. The largest absolute Gasteiger partial charge is 0.388 e. The summed E-state index contributed by atoms with van der Waals surface area (Å²) in [5, 5.41) is 22.7. The minimum absolute atomic E-state index is 0.0216. The lowest BCUT2D eigenvalue weighted by Crippen LogP contribution is -2.52. The second-order valence-corrected chi connectivity index (χ2v) is 9.01. The van der Waals surface area contributed by atoms with Crippen LogP contribution in [0.4, 0.5) is 4.79 Å². The van der Waals surface area contributed by atoms with Gasteiger partial charge in [0.25, 0.3) is 0 Å². The van der Waals surface area contributed by atoms with Gasteiger partial charge in [-0.25, -0.2) is 4.79 Å². The second-order valence-electron chi connectivity index (χ2n) is 8.57. The Morgan fingerprint density at radius 3 is 2.67 bits per heavy atom. The summed E-state index contributed by atoms with van der Waals surface area (Å²) in [6, 6.07) is 4.22. The third kappa shape index (κ3) is 2.99. The number of carbonyl (C=O) groups is 1. The number of nitrogens with one attached hydrogen (secondary N) is 2. The van der Waals surface area contributed by atoms with Crippen molar-refractivity contribution < 1.29 is 9.90 Å². The predicted molar refractivity (Wildman–Crippen MR) is 106 cm³/mol. The quantitative estimate of drug-likeness (QED) is 0.744. The molecule has 4 rings (SSSR count). The lowest BCUT2D eigenvalue weighted by molar-refractivity contribution is -0.0274. The van der Waals surface area contributed by atoms with Gasteiger partial charge >= 0.3 is 6.03 Å². The monoisotopic (exact) mass is 390 g/mol. The van der Waals surface area contributed by atoms with Crippen molar-refractivity contribution in [2.75, 3.05) is 7.05 Å². The molecule has 1 aromatic heterocycles. The van der Waals surface area contributed by atoms with Gasteiger partial charge in [0.05, 0.1) is 17.8 Å². The second kappa shape index (κ2) is 6.67. The van der Waals surface area contributed by atoms with Crippen LogP contribution in [0.5, 0.6) is 0 Å². The lowest BCUT2D eigenvalue weighted by Gasteiger charge is -2.46. The van der Waals surface area contributed by atoms with E-state index in [1.165, 1.54) is 0 Å². The highest BCUT2D eigenvalue weighted by Gasteiger charge is 2.49. The van der Waals surface area contributed by atoms with E-state index in [2.05, 4.69) is 29.4 Å². The van der Waals surface area contributed by atoms with E-state index in [0.29, 0.717) is 10.9 Å². The number of piperidine rings is 1. The van der Waals surface area contributed by atoms with Gasteiger partial charge in [0.15, 0.2) is 0 Å². The van der Waals surface area contributed by atoms with E-state index in [1.807, 2.05) is 17.0 Å². The first kappa shape index (κ1) is 18.6. The van der Waals surface area contributed by atoms with Gasteiger partial charge in [-0.05, 0) is 49.1 Å². The molecule has 2 unspecified atom stereocenters. The van der Waals surface area contributed by atoms with Gasteiger partial charge in [-0.1, -0.05) is 25.4 Å². The lowest BCUT2D eigenvalue weighted by atomic mass is 9.67. The number of carbonyl (C=O) groups excluding carboxylic acids is 1. The van der Waals surface area contributed by atoms with Gasteiger partial charge in [0, 0.05) is 35.1 Å². The Hall–Kier alpha value is -1.79. The molecular weight excluding hydrogens is 364 g/mol. The first-order valence-corrected chi connectivity index (χ1v) is 10.0. The van der Waals surface area contributed by atoms with Crippen molar-refractivity contribution in [3.63, 3.8) is 0 Å². The van der Waals surface area contributed by atoms with Gasteiger partial charge in [-0.2, -0.15) is 5.10 Å². The van der Waals surface area contributed by atoms with Crippen LogP contribution in [-0.2, 0) is 0 Å². The van der Waals surface area contributed by atoms with Crippen LogP contribution in [0.3, 0.4) is 0 Å². The number of fused-ring (bicyclic) bond motifs is 3. The maximum Gasteiger partial charge on any atom is 0.317 e. The summed E-state index contributed by atoms with van der Waals surface area (Å²) >= 11 is 6.28. The molecule has 2 bridgehead atoms. The Bertz CT molecular complexity index is 851. The number of amides is 2. The first-order valence-electron chi connectivity index (χ1n) is 9.63. The van der Waals surface area contributed by atoms with E-state index < -0.39 is 6.10 Å². The highest BCUT2D eigenvalue weighted by atomic mass is 35.5. The van der Waals surface area contributed by atoms with Crippen LogP contribution < -0.4 is 5.32 Å². The van der Waals surface area contributed by atoms with E-state index in [0.717, 1.165) is 42.1 Å². The number of halogens is 1. The molecule has 2 aromatic rings. The molecule has 27 heavy (non-hydrogen) atoms. The number of urea groups is 1. The third-order valence-electron chi connectivity index (χ3n) is 6.78. The molecule has 2 aliphatic rings. The van der Waals surface area contributed by atoms with Gasteiger partial charge in [0.2, 0.25) is 0 Å². The fraction of sp³-hybridized carbons (Fsp3) is 0.600. The highest BCUT2D eigenvalue weighted by Crippen LogP contribution is 2.51. The van der Waals surface area contributed by atoms with Gasteiger partial charge in [-0.15, -0.1) is 0 Å². The molecule has 2 saturated heterocycles. The van der Waals surface area contributed by atoms with E-state index in [-0.39, 0.29) is 23.5 Å². The summed E-state index contributed by atoms with van der Waals surface area (Å²) in [6.07, 6.45) is 4.98. The zero-order valence-corrected chi connectivity index (χ0v) is 16.8. The fourth-order valence-electron chi connectivity index (χ4n) is 5.13. The van der Waals surface area contributed by atoms with Gasteiger partial charge < -0.3 is 15.3 Å². The maximum atomic E-state index is 12.2. The van der Waals surface area contributed by atoms with Crippen molar-refractivity contribution in [3.8, 4) is 0 Å². The van der Waals surface area contributed by atoms with E-state index in [4.69, 9.17) is 11.6 Å². The molecule has 2 fully saturated rings. The number of rotatable bonds is 3. The van der Waals surface area contributed by atoms with Crippen molar-refractivity contribution in [2.45, 2.75) is 57.7 Å². The standard InChI is InChI=1S/C20H27ClN4O2/c1-20(2,12-7-14-4-5-15(8-12)25(14)19(27)22-3)18(26)16-9-13(21)6-11-10-23-24-17(11)16/h6,9-10,12,14-15,18,26H,4-5,7-8H2,1-3H3,(H,22,27)(H,23,24)/t12?,14-,15+,18?. The van der Waals surface area contributed by atoms with Crippen molar-refractivity contribution >= 4 is 28.5 Å². The van der Waals surface area contributed by atoms with Crippen LogP contribution in [-0.4, -0.2) is 45.4 Å². The van der Waals surface area contributed by atoms with Gasteiger partial charge in [-0.3, -0.25) is 5.10 Å². The number of aliphatic hydroxyl groups is 1. The molecule has 6 nitrogen and oxygen atoms in total. The van der Waals surface area contributed by atoms with Crippen molar-refractivity contribution in [2.24, 2.45) is 11.3 Å². The predicted octanol–water partition coefficient (Wildman–Crippen LogP) is 3.86. The Labute approximate surface area is 164 Å². The molecule has 0 saturated carbocycles. The molecule has 2 aliphatic heterocycles. The minimum atomic E-state index is -0.671. The summed E-state index contributed by atoms with van der Waals surface area (Å²) in [6.45, 7) is 4.25. The van der Waals surface area contributed by atoms with Crippen LogP contribution >= 0.6 is 11.6 Å². The molecule has 0 aliphatic carbocycles. The Kier molecular flexibility index (Phi) is 4.59. The molecule has 0 radical (unpaired) electrons. The Morgan fingerprint density at radius 1 is 1.37 bits per heavy atom. The molecule has 3 heterocycles. The van der Waals surface area contributed by atoms with E-state index in [9.17, 15) is 9.90 Å². The summed E-state index contributed by atoms with van der Waals surface area (Å²) in [5.74, 6) is 0.322. The van der Waals surface area contributed by atoms with Crippen LogP contribution in [0, 0.1) is 11.3 Å². The number of aliphatic hydroxyl groups excluding tert-OH is 1. The number of benzene rings is 1. The molecule has 2 amide bonds. The summed E-state index contributed by atoms with van der Waals surface area (Å²) in [4.78, 5) is 14.3. The van der Waals surface area contributed by atoms with Gasteiger partial charge in [0.1, 0.15) is 0 Å². The number of nitrogens with zero attached hydrogens (tertiary/aromatic N) is 2. The Balaban J connectivity index is 1.62. The summed E-state index contributed by atoms with van der Waals surface area (Å²) < 4.78 is 0. The maximum absolute atomic E-state index is 12.2. The molecule has 146 valence electrons. The minimum Gasteiger partial charge on any atom is -0.388 e. The van der Waals surface area contributed by atoms with Crippen molar-refractivity contribution in [3.05, 3.63) is 28.9 Å². The van der Waals surface area contributed by atoms with Crippen LogP contribution in [0.2, 0.25) is 5.02 Å². The molecular formula is C20H27ClN4O2. The van der Waals surface area contributed by atoms with Crippen molar-refractivity contribution in [1.29, 1.82) is 0 Å².